The third-order valence-electron chi connectivity index (χ3n) is 3.93. The monoisotopic (exact) mass is 359 g/mol. The van der Waals surface area contributed by atoms with Crippen molar-refractivity contribution >= 4 is 29.1 Å². The van der Waals surface area contributed by atoms with E-state index in [0.29, 0.717) is 5.69 Å². The van der Waals surface area contributed by atoms with Gasteiger partial charge in [-0.25, -0.2) is 4.79 Å². The lowest BCUT2D eigenvalue weighted by Gasteiger charge is -2.17. The van der Waals surface area contributed by atoms with Gasteiger partial charge in [-0.15, -0.1) is 0 Å². The van der Waals surface area contributed by atoms with Gasteiger partial charge < -0.3 is 19.4 Å². The molecule has 1 saturated heterocycles. The fourth-order valence-corrected chi connectivity index (χ4v) is 2.67. The van der Waals surface area contributed by atoms with Gasteiger partial charge in [0.05, 0.1) is 6.07 Å². The van der Waals surface area contributed by atoms with Crippen LogP contribution in [0.5, 0.6) is 0 Å². The number of benzene rings is 1. The molecule has 1 aromatic heterocycles. The number of hydrogen-bond donors (Lipinski definition) is 1. The largest absolute Gasteiger partial charge is 0.450 e. The highest BCUT2D eigenvalue weighted by atomic mass is 16.7. The average molecular weight is 359 g/mol. The molecule has 1 aliphatic rings. The zero-order valence-electron chi connectivity index (χ0n) is 13.8. The summed E-state index contributed by atoms with van der Waals surface area (Å²) in [6.45, 7) is 1.54. The smallest absolute Gasteiger partial charge is 0.433 e. The van der Waals surface area contributed by atoms with Crippen LogP contribution in [0.25, 0.3) is 0 Å². The molecule has 1 N–H and O–H groups in total. The minimum absolute atomic E-state index is 0.334. The van der Waals surface area contributed by atoms with E-state index in [-0.39, 0.29) is 5.76 Å². The van der Waals surface area contributed by atoms with Crippen LogP contribution in [0.3, 0.4) is 0 Å². The lowest BCUT2D eigenvalue weighted by atomic mass is 10.2. The number of carbonyl (C=O) groups is 2. The van der Waals surface area contributed by atoms with E-state index in [2.05, 4.69) is 10.2 Å². The van der Waals surface area contributed by atoms with Crippen LogP contribution in [0, 0.1) is 10.1 Å². The van der Waals surface area contributed by atoms with Crippen LogP contribution in [0.2, 0.25) is 0 Å². The van der Waals surface area contributed by atoms with E-state index in [4.69, 9.17) is 9.15 Å². The van der Waals surface area contributed by atoms with Crippen molar-refractivity contribution in [1.29, 1.82) is 0 Å². The van der Waals surface area contributed by atoms with E-state index in [9.17, 15) is 19.7 Å². The summed E-state index contributed by atoms with van der Waals surface area (Å²) < 4.78 is 9.49. The van der Waals surface area contributed by atoms with Crippen LogP contribution >= 0.6 is 0 Å². The molecule has 9 heteroatoms. The summed E-state index contributed by atoms with van der Waals surface area (Å²) in [7, 11) is 0. The van der Waals surface area contributed by atoms with Gasteiger partial charge >= 0.3 is 11.9 Å². The van der Waals surface area contributed by atoms with Crippen LogP contribution in [0.1, 0.15) is 23.4 Å². The highest BCUT2D eigenvalue weighted by Gasteiger charge is 2.19. The molecule has 1 aromatic carbocycles. The number of ether oxygens (including phenoxy) is 1. The highest BCUT2D eigenvalue weighted by molar-refractivity contribution is 5.94. The molecular formula is C17H17N3O6. The first-order valence-corrected chi connectivity index (χ1v) is 8.09. The predicted molar refractivity (Wildman–Crippen MR) is 92.2 cm³/mol. The molecule has 3 rings (SSSR count). The predicted octanol–water partition coefficient (Wildman–Crippen LogP) is 2.58. The van der Waals surface area contributed by atoms with E-state index in [0.717, 1.165) is 30.9 Å². The molecule has 0 saturated carbocycles. The fourth-order valence-electron chi connectivity index (χ4n) is 2.67. The summed E-state index contributed by atoms with van der Waals surface area (Å²) in [6, 6.07) is 9.57. The van der Waals surface area contributed by atoms with Crippen molar-refractivity contribution in [2.75, 3.05) is 29.9 Å². The van der Waals surface area contributed by atoms with E-state index in [1.807, 2.05) is 12.1 Å². The quantitative estimate of drug-likeness (QED) is 0.479. The topological polar surface area (TPSA) is 115 Å². The maximum absolute atomic E-state index is 11.9. The van der Waals surface area contributed by atoms with Crippen LogP contribution < -0.4 is 10.2 Å². The van der Waals surface area contributed by atoms with E-state index in [1.54, 1.807) is 12.1 Å². The highest BCUT2D eigenvalue weighted by Crippen LogP contribution is 2.22. The molecule has 1 fully saturated rings. The number of nitrogens with one attached hydrogen (secondary N) is 1. The molecule has 1 aliphatic heterocycles. The number of furan rings is 1. The maximum Gasteiger partial charge on any atom is 0.433 e. The van der Waals surface area contributed by atoms with Crippen LogP contribution in [-0.4, -0.2) is 36.5 Å². The molecule has 0 spiro atoms. The normalized spacial score (nSPS) is 13.5. The molecule has 2 heterocycles. The first kappa shape index (κ1) is 17.5. The van der Waals surface area contributed by atoms with Crippen molar-refractivity contribution in [3.63, 3.8) is 0 Å². The number of hydrogen-bond acceptors (Lipinski definition) is 7. The Morgan fingerprint density at radius 3 is 2.46 bits per heavy atom. The zero-order chi connectivity index (χ0) is 18.5. The number of anilines is 2. The lowest BCUT2D eigenvalue weighted by molar-refractivity contribution is -0.402. The first-order valence-electron chi connectivity index (χ1n) is 8.09. The van der Waals surface area contributed by atoms with Gasteiger partial charge in [-0.2, -0.15) is 0 Å². The van der Waals surface area contributed by atoms with Gasteiger partial charge in [-0.05, 0) is 43.2 Å². The Balaban J connectivity index is 1.48. The minimum Gasteiger partial charge on any atom is -0.450 e. The van der Waals surface area contributed by atoms with Crippen LogP contribution in [-0.2, 0) is 9.53 Å². The Kier molecular flexibility index (Phi) is 5.16. The molecule has 0 atom stereocenters. The molecule has 136 valence electrons. The van der Waals surface area contributed by atoms with E-state index >= 15 is 0 Å². The standard InChI is InChI=1S/C17H17N3O6/c21-15(11-25-17(22)14-7-8-16(26-14)20(23)24)18-12-3-5-13(6-4-12)19-9-1-2-10-19/h3-8H,1-2,9-11H2,(H,18,21). The molecule has 0 bridgehead atoms. The molecule has 9 nitrogen and oxygen atoms in total. The fraction of sp³-hybridized carbons (Fsp3) is 0.294. The second-order valence-electron chi connectivity index (χ2n) is 5.76. The SMILES string of the molecule is O=C(COC(=O)c1ccc([N+](=O)[O-])o1)Nc1ccc(N2CCCC2)cc1. The Hall–Kier alpha value is -3.36. The minimum atomic E-state index is -0.947. The van der Waals surface area contributed by atoms with Crippen molar-refractivity contribution in [3.8, 4) is 0 Å². The first-order chi connectivity index (χ1) is 12.5. The van der Waals surface area contributed by atoms with Crippen molar-refractivity contribution in [1.82, 2.24) is 0 Å². The molecule has 26 heavy (non-hydrogen) atoms. The number of nitro groups is 1. The number of esters is 1. The third kappa shape index (κ3) is 4.18. The van der Waals surface area contributed by atoms with Crippen molar-refractivity contribution in [2.45, 2.75) is 12.8 Å². The Bertz CT molecular complexity index is 808. The summed E-state index contributed by atoms with van der Waals surface area (Å²) in [5.74, 6) is -2.37. The number of amides is 1. The van der Waals surface area contributed by atoms with Gasteiger partial charge in [0.1, 0.15) is 4.92 Å². The Morgan fingerprint density at radius 2 is 1.85 bits per heavy atom. The van der Waals surface area contributed by atoms with E-state index in [1.165, 1.54) is 12.8 Å². The Morgan fingerprint density at radius 1 is 1.15 bits per heavy atom. The van der Waals surface area contributed by atoms with Crippen molar-refractivity contribution < 1.29 is 23.7 Å². The lowest BCUT2D eigenvalue weighted by Crippen LogP contribution is -2.21. The number of nitrogens with zero attached hydrogens (tertiary/aromatic N) is 2. The Labute approximate surface area is 148 Å². The third-order valence-corrected chi connectivity index (χ3v) is 3.93. The molecular weight excluding hydrogens is 342 g/mol. The van der Waals surface area contributed by atoms with Gasteiger partial charge in [0, 0.05) is 24.5 Å². The number of rotatable bonds is 6. The molecule has 0 aliphatic carbocycles. The van der Waals surface area contributed by atoms with Gasteiger partial charge in [0.25, 0.3) is 5.91 Å². The summed E-state index contributed by atoms with van der Waals surface area (Å²) in [6.07, 6.45) is 2.37. The van der Waals surface area contributed by atoms with Crippen LogP contribution in [0.15, 0.2) is 40.8 Å². The second kappa shape index (κ2) is 7.68. The van der Waals surface area contributed by atoms with Gasteiger partial charge in [0.2, 0.25) is 5.76 Å². The van der Waals surface area contributed by atoms with Crippen LogP contribution in [0.4, 0.5) is 17.3 Å². The zero-order valence-corrected chi connectivity index (χ0v) is 13.8. The maximum atomic E-state index is 11.9. The molecule has 1 amide bonds. The second-order valence-corrected chi connectivity index (χ2v) is 5.76. The van der Waals surface area contributed by atoms with Gasteiger partial charge in [-0.3, -0.25) is 14.9 Å². The summed E-state index contributed by atoms with van der Waals surface area (Å²) >= 11 is 0. The summed E-state index contributed by atoms with van der Waals surface area (Å²) in [5.41, 5.74) is 1.69. The average Bonchev–Trinajstić information content (AvgIpc) is 3.32. The summed E-state index contributed by atoms with van der Waals surface area (Å²) in [5, 5.41) is 13.1. The van der Waals surface area contributed by atoms with E-state index < -0.39 is 29.3 Å². The van der Waals surface area contributed by atoms with Crippen molar-refractivity contribution in [2.24, 2.45) is 0 Å². The van der Waals surface area contributed by atoms with Gasteiger partial charge in [-0.1, -0.05) is 0 Å². The van der Waals surface area contributed by atoms with Gasteiger partial charge in [0.15, 0.2) is 6.61 Å². The number of carbonyl (C=O) groups excluding carboxylic acids is 2. The molecule has 0 unspecified atom stereocenters. The molecule has 2 aromatic rings. The van der Waals surface area contributed by atoms with Crippen molar-refractivity contribution in [3.05, 3.63) is 52.3 Å². The molecule has 0 radical (unpaired) electrons. The summed E-state index contributed by atoms with van der Waals surface area (Å²) in [4.78, 5) is 35.6.